The van der Waals surface area contributed by atoms with Crippen LogP contribution in [0.2, 0.25) is 5.02 Å². The van der Waals surface area contributed by atoms with Gasteiger partial charge in [-0.25, -0.2) is 8.42 Å². The number of hydrogen-bond donors (Lipinski definition) is 0. The van der Waals surface area contributed by atoms with Crippen molar-refractivity contribution in [3.05, 3.63) is 29.3 Å². The summed E-state index contributed by atoms with van der Waals surface area (Å²) >= 11 is 5.81. The summed E-state index contributed by atoms with van der Waals surface area (Å²) in [6.07, 6.45) is 2.99. The molecule has 1 saturated heterocycles. The molecule has 1 aromatic carbocycles. The number of sulfonamides is 1. The van der Waals surface area contributed by atoms with E-state index in [0.717, 1.165) is 12.8 Å². The summed E-state index contributed by atoms with van der Waals surface area (Å²) in [4.78, 5) is 14.6. The van der Waals surface area contributed by atoms with E-state index in [-0.39, 0.29) is 23.9 Å². The minimum absolute atomic E-state index is 0.143. The smallest absolute Gasteiger partial charge is 0.243 e. The topological polar surface area (TPSA) is 81.5 Å². The second-order valence-corrected chi connectivity index (χ2v) is 8.93. The highest BCUT2D eigenvalue weighted by atomic mass is 35.5. The van der Waals surface area contributed by atoms with Gasteiger partial charge < -0.3 is 4.90 Å². The largest absolute Gasteiger partial charge is 0.339 e. The molecule has 0 unspecified atom stereocenters. The molecule has 6 nitrogen and oxygen atoms in total. The van der Waals surface area contributed by atoms with Crippen molar-refractivity contribution in [2.24, 2.45) is 5.41 Å². The molecule has 3 rings (SSSR count). The monoisotopic (exact) mass is 381 g/mol. The van der Waals surface area contributed by atoms with Crippen molar-refractivity contribution in [2.45, 2.75) is 30.6 Å². The number of hydrogen-bond acceptors (Lipinski definition) is 4. The predicted octanol–water partition coefficient (Wildman–Crippen LogP) is 2.26. The summed E-state index contributed by atoms with van der Waals surface area (Å²) in [7, 11) is -3.60. The lowest BCUT2D eigenvalue weighted by Gasteiger charge is -2.37. The third kappa shape index (κ3) is 3.39. The number of amides is 1. The first-order valence-electron chi connectivity index (χ1n) is 8.35. The molecule has 0 radical (unpaired) electrons. The van der Waals surface area contributed by atoms with Crippen LogP contribution < -0.4 is 0 Å². The fraction of sp³-hybridized carbons (Fsp3) is 0.529. The normalized spacial score (nSPS) is 21.0. The van der Waals surface area contributed by atoms with Crippen LogP contribution in [0.1, 0.15) is 25.7 Å². The lowest BCUT2D eigenvalue weighted by molar-refractivity contribution is -0.140. The average molecular weight is 382 g/mol. The zero-order valence-electron chi connectivity index (χ0n) is 13.8. The van der Waals surface area contributed by atoms with Gasteiger partial charge >= 0.3 is 0 Å². The SMILES string of the molecule is N#CC1(C(=O)N2CCN(S(=O)(=O)c3ccc(Cl)cc3)CC2)CCCC1. The van der Waals surface area contributed by atoms with Crippen LogP contribution in [0.4, 0.5) is 0 Å². The maximum atomic E-state index is 12.7. The second-order valence-electron chi connectivity index (χ2n) is 6.55. The van der Waals surface area contributed by atoms with Crippen LogP contribution in [0.25, 0.3) is 0 Å². The van der Waals surface area contributed by atoms with Crippen molar-refractivity contribution >= 4 is 27.5 Å². The molecule has 2 aliphatic rings. The molecule has 0 N–H and O–H groups in total. The van der Waals surface area contributed by atoms with Gasteiger partial charge in [0, 0.05) is 31.2 Å². The highest BCUT2D eigenvalue weighted by Crippen LogP contribution is 2.39. The Bertz CT molecular complexity index is 787. The van der Waals surface area contributed by atoms with Crippen molar-refractivity contribution in [2.75, 3.05) is 26.2 Å². The Hall–Kier alpha value is -1.62. The van der Waals surface area contributed by atoms with Crippen LogP contribution in [-0.2, 0) is 14.8 Å². The van der Waals surface area contributed by atoms with Crippen LogP contribution in [0.5, 0.6) is 0 Å². The van der Waals surface area contributed by atoms with Crippen molar-refractivity contribution in [1.82, 2.24) is 9.21 Å². The second kappa shape index (κ2) is 6.94. The van der Waals surface area contributed by atoms with Crippen LogP contribution in [0, 0.1) is 16.7 Å². The molecule has 0 aromatic heterocycles. The molecule has 0 spiro atoms. The number of nitriles is 1. The average Bonchev–Trinajstić information content (AvgIpc) is 3.12. The van der Waals surface area contributed by atoms with Gasteiger partial charge in [-0.1, -0.05) is 24.4 Å². The van der Waals surface area contributed by atoms with Gasteiger partial charge in [-0.3, -0.25) is 4.79 Å². The van der Waals surface area contributed by atoms with Crippen LogP contribution in [0.3, 0.4) is 0 Å². The first-order valence-corrected chi connectivity index (χ1v) is 10.2. The summed E-state index contributed by atoms with van der Waals surface area (Å²) in [5.41, 5.74) is -0.906. The van der Waals surface area contributed by atoms with E-state index in [4.69, 9.17) is 11.6 Å². The summed E-state index contributed by atoms with van der Waals surface area (Å²) in [5, 5.41) is 9.93. The highest BCUT2D eigenvalue weighted by molar-refractivity contribution is 7.89. The number of halogens is 1. The van der Waals surface area contributed by atoms with Crippen molar-refractivity contribution in [3.8, 4) is 6.07 Å². The summed E-state index contributed by atoms with van der Waals surface area (Å²) in [5.74, 6) is -0.143. The van der Waals surface area contributed by atoms with Crippen molar-refractivity contribution in [1.29, 1.82) is 5.26 Å². The predicted molar refractivity (Wildman–Crippen MR) is 93.3 cm³/mol. The van der Waals surface area contributed by atoms with Gasteiger partial charge in [-0.05, 0) is 37.1 Å². The number of nitrogens with zero attached hydrogens (tertiary/aromatic N) is 3. The van der Waals surface area contributed by atoms with E-state index in [9.17, 15) is 18.5 Å². The molecule has 1 amide bonds. The minimum atomic E-state index is -3.60. The number of piperazine rings is 1. The first-order chi connectivity index (χ1) is 11.9. The first kappa shape index (κ1) is 18.2. The number of carbonyl (C=O) groups excluding carboxylic acids is 1. The number of carbonyl (C=O) groups is 1. The molecule has 1 heterocycles. The molecular formula is C17H20ClN3O3S. The molecule has 8 heteroatoms. The molecule has 2 fully saturated rings. The fourth-order valence-electron chi connectivity index (χ4n) is 3.54. The van der Waals surface area contributed by atoms with Crippen LogP contribution >= 0.6 is 11.6 Å². The Balaban J connectivity index is 1.68. The number of benzene rings is 1. The summed E-state index contributed by atoms with van der Waals surface area (Å²) in [6.45, 7) is 1.10. The van der Waals surface area contributed by atoms with Gasteiger partial charge in [-0.15, -0.1) is 0 Å². The maximum absolute atomic E-state index is 12.7. The molecule has 1 saturated carbocycles. The van der Waals surface area contributed by atoms with Gasteiger partial charge in [0.1, 0.15) is 5.41 Å². The standard InChI is InChI=1S/C17H20ClN3O3S/c18-14-3-5-15(6-4-14)25(23,24)21-11-9-20(10-12-21)16(22)17(13-19)7-1-2-8-17/h3-6H,1-2,7-12H2. The van der Waals surface area contributed by atoms with E-state index in [1.807, 2.05) is 0 Å². The maximum Gasteiger partial charge on any atom is 0.243 e. The molecule has 1 aliphatic carbocycles. The Morgan fingerprint density at radius 3 is 2.16 bits per heavy atom. The Morgan fingerprint density at radius 2 is 1.64 bits per heavy atom. The Kier molecular flexibility index (Phi) is 5.05. The Morgan fingerprint density at radius 1 is 1.08 bits per heavy atom. The number of rotatable bonds is 3. The lowest BCUT2D eigenvalue weighted by Crippen LogP contribution is -2.53. The molecule has 1 aromatic rings. The van der Waals surface area contributed by atoms with Gasteiger partial charge in [0.25, 0.3) is 0 Å². The van der Waals surface area contributed by atoms with E-state index in [1.54, 1.807) is 17.0 Å². The summed E-state index contributed by atoms with van der Waals surface area (Å²) in [6, 6.07) is 8.27. The molecular weight excluding hydrogens is 362 g/mol. The molecule has 134 valence electrons. The fourth-order valence-corrected chi connectivity index (χ4v) is 5.09. The van der Waals surface area contributed by atoms with E-state index >= 15 is 0 Å². The van der Waals surface area contributed by atoms with Gasteiger partial charge in [-0.2, -0.15) is 9.57 Å². The van der Waals surface area contributed by atoms with E-state index in [0.29, 0.717) is 31.0 Å². The van der Waals surface area contributed by atoms with E-state index in [1.165, 1.54) is 16.4 Å². The third-order valence-corrected chi connectivity index (χ3v) is 7.22. The van der Waals surface area contributed by atoms with Crippen molar-refractivity contribution in [3.63, 3.8) is 0 Å². The van der Waals surface area contributed by atoms with Gasteiger partial charge in [0.05, 0.1) is 11.0 Å². The molecule has 0 bridgehead atoms. The third-order valence-electron chi connectivity index (χ3n) is 5.06. The van der Waals surface area contributed by atoms with Gasteiger partial charge in [0.15, 0.2) is 0 Å². The van der Waals surface area contributed by atoms with Crippen LogP contribution in [0.15, 0.2) is 29.2 Å². The van der Waals surface area contributed by atoms with Crippen LogP contribution in [-0.4, -0.2) is 49.7 Å². The Labute approximate surface area is 153 Å². The zero-order valence-corrected chi connectivity index (χ0v) is 15.4. The molecule has 25 heavy (non-hydrogen) atoms. The molecule has 1 aliphatic heterocycles. The van der Waals surface area contributed by atoms with E-state index < -0.39 is 15.4 Å². The van der Waals surface area contributed by atoms with E-state index in [2.05, 4.69) is 6.07 Å². The molecule has 0 atom stereocenters. The zero-order chi connectivity index (χ0) is 18.1. The summed E-state index contributed by atoms with van der Waals surface area (Å²) < 4.78 is 26.7. The quantitative estimate of drug-likeness (QED) is 0.804. The van der Waals surface area contributed by atoms with Crippen molar-refractivity contribution < 1.29 is 13.2 Å². The highest BCUT2D eigenvalue weighted by Gasteiger charge is 2.45. The lowest BCUT2D eigenvalue weighted by atomic mass is 9.86. The minimum Gasteiger partial charge on any atom is -0.339 e. The van der Waals surface area contributed by atoms with Gasteiger partial charge in [0.2, 0.25) is 15.9 Å².